The third-order valence-electron chi connectivity index (χ3n) is 2.54. The van der Waals surface area contributed by atoms with Crippen molar-refractivity contribution >= 4 is 11.9 Å². The average Bonchev–Trinajstić information content (AvgIpc) is 2.69. The molecule has 0 aliphatic rings. The number of carbonyl (C=O) groups excluding carboxylic acids is 2. The van der Waals surface area contributed by atoms with E-state index in [-0.39, 0.29) is 11.8 Å². The second-order valence-corrected chi connectivity index (χ2v) is 4.38. The summed E-state index contributed by atoms with van der Waals surface area (Å²) in [5.41, 5.74) is 0.897. The molecule has 100 valence electrons. The zero-order valence-electron chi connectivity index (χ0n) is 11.2. The van der Waals surface area contributed by atoms with Gasteiger partial charge >= 0.3 is 5.97 Å². The van der Waals surface area contributed by atoms with Crippen molar-refractivity contribution in [1.82, 2.24) is 10.5 Å². The molecule has 1 amide bonds. The number of nitrogens with one attached hydrogen (secondary N) is 1. The molecule has 0 aliphatic carbocycles. The first-order valence-electron chi connectivity index (χ1n) is 5.73. The number of aromatic nitrogens is 1. The van der Waals surface area contributed by atoms with Crippen LogP contribution < -0.4 is 5.32 Å². The molecule has 0 radical (unpaired) electrons. The van der Waals surface area contributed by atoms with Crippen LogP contribution >= 0.6 is 0 Å². The van der Waals surface area contributed by atoms with Gasteiger partial charge < -0.3 is 14.6 Å². The molecule has 1 atom stereocenters. The van der Waals surface area contributed by atoms with Crippen molar-refractivity contribution in [2.45, 2.75) is 39.7 Å². The quantitative estimate of drug-likeness (QED) is 0.821. The summed E-state index contributed by atoms with van der Waals surface area (Å²) in [5.74, 6) is -0.318. The molecular weight excluding hydrogens is 236 g/mol. The molecular formula is C12H18N2O4. The van der Waals surface area contributed by atoms with Crippen LogP contribution in [0.25, 0.3) is 0 Å². The van der Waals surface area contributed by atoms with Crippen LogP contribution in [-0.4, -0.2) is 30.2 Å². The standard InChI is InChI=1S/C12H18N2O4/c1-6(2)10-9(7(3)14-18-10)11(15)13-8(4)12(16)17-5/h6,8H,1-5H3,(H,13,15)/t8-/m1/s1. The topological polar surface area (TPSA) is 81.4 Å². The van der Waals surface area contributed by atoms with Crippen molar-refractivity contribution in [3.63, 3.8) is 0 Å². The van der Waals surface area contributed by atoms with Gasteiger partial charge in [-0.05, 0) is 13.8 Å². The molecule has 0 aromatic carbocycles. The van der Waals surface area contributed by atoms with E-state index in [1.54, 1.807) is 13.8 Å². The van der Waals surface area contributed by atoms with E-state index in [4.69, 9.17) is 4.52 Å². The molecule has 0 bridgehead atoms. The second kappa shape index (κ2) is 5.66. The van der Waals surface area contributed by atoms with Gasteiger partial charge in [-0.2, -0.15) is 0 Å². The maximum absolute atomic E-state index is 12.1. The molecule has 6 heteroatoms. The van der Waals surface area contributed by atoms with Gasteiger partial charge in [0.05, 0.1) is 12.8 Å². The first-order chi connectivity index (χ1) is 8.38. The lowest BCUT2D eigenvalue weighted by Gasteiger charge is -2.12. The molecule has 1 heterocycles. The highest BCUT2D eigenvalue weighted by Crippen LogP contribution is 2.22. The van der Waals surface area contributed by atoms with Crippen LogP contribution in [0.15, 0.2) is 4.52 Å². The Balaban J connectivity index is 2.91. The summed E-state index contributed by atoms with van der Waals surface area (Å²) in [6.07, 6.45) is 0. The van der Waals surface area contributed by atoms with Gasteiger partial charge in [0.15, 0.2) is 5.76 Å². The lowest BCUT2D eigenvalue weighted by Crippen LogP contribution is -2.39. The van der Waals surface area contributed by atoms with Gasteiger partial charge in [0.2, 0.25) is 0 Å². The fourth-order valence-electron chi connectivity index (χ4n) is 1.56. The average molecular weight is 254 g/mol. The molecule has 18 heavy (non-hydrogen) atoms. The van der Waals surface area contributed by atoms with Gasteiger partial charge in [-0.3, -0.25) is 4.79 Å². The Hall–Kier alpha value is -1.85. The van der Waals surface area contributed by atoms with Crippen LogP contribution in [0.1, 0.15) is 48.5 Å². The first kappa shape index (κ1) is 14.2. The Morgan fingerprint density at radius 1 is 1.33 bits per heavy atom. The Morgan fingerprint density at radius 3 is 2.44 bits per heavy atom. The van der Waals surface area contributed by atoms with Crippen LogP contribution in [0, 0.1) is 6.92 Å². The van der Waals surface area contributed by atoms with Gasteiger partial charge in [0, 0.05) is 5.92 Å². The zero-order chi connectivity index (χ0) is 13.9. The highest BCUT2D eigenvalue weighted by molar-refractivity contribution is 5.98. The molecule has 1 N–H and O–H groups in total. The van der Waals surface area contributed by atoms with Gasteiger partial charge in [-0.15, -0.1) is 0 Å². The van der Waals surface area contributed by atoms with E-state index < -0.39 is 12.0 Å². The molecule has 0 fully saturated rings. The van der Waals surface area contributed by atoms with E-state index >= 15 is 0 Å². The zero-order valence-corrected chi connectivity index (χ0v) is 11.2. The van der Waals surface area contributed by atoms with Crippen molar-refractivity contribution in [3.05, 3.63) is 17.0 Å². The minimum atomic E-state index is -0.711. The number of methoxy groups -OCH3 is 1. The number of hydrogen-bond acceptors (Lipinski definition) is 5. The number of ether oxygens (including phenoxy) is 1. The predicted octanol–water partition coefficient (Wildman–Crippen LogP) is 1.40. The van der Waals surface area contributed by atoms with Gasteiger partial charge in [-0.25, -0.2) is 4.79 Å². The molecule has 1 aromatic heterocycles. The number of esters is 1. The highest BCUT2D eigenvalue weighted by Gasteiger charge is 2.25. The molecule has 0 unspecified atom stereocenters. The Bertz CT molecular complexity index is 451. The van der Waals surface area contributed by atoms with Crippen LogP contribution in [-0.2, 0) is 9.53 Å². The van der Waals surface area contributed by atoms with Crippen molar-refractivity contribution in [3.8, 4) is 0 Å². The molecule has 0 saturated heterocycles. The van der Waals surface area contributed by atoms with Crippen molar-refractivity contribution in [2.24, 2.45) is 0 Å². The van der Waals surface area contributed by atoms with Gasteiger partial charge in [0.1, 0.15) is 11.6 Å². The first-order valence-corrected chi connectivity index (χ1v) is 5.73. The minimum absolute atomic E-state index is 0.0420. The minimum Gasteiger partial charge on any atom is -0.467 e. The molecule has 0 aliphatic heterocycles. The van der Waals surface area contributed by atoms with Gasteiger partial charge in [0.25, 0.3) is 5.91 Å². The number of nitrogens with zero attached hydrogens (tertiary/aromatic N) is 1. The van der Waals surface area contributed by atoms with Crippen molar-refractivity contribution in [2.75, 3.05) is 7.11 Å². The number of rotatable bonds is 4. The Kier molecular flexibility index (Phi) is 4.47. The summed E-state index contributed by atoms with van der Waals surface area (Å²) in [7, 11) is 1.27. The largest absolute Gasteiger partial charge is 0.467 e. The SMILES string of the molecule is COC(=O)[C@@H](C)NC(=O)c1c(C)noc1C(C)C. The van der Waals surface area contributed by atoms with E-state index in [1.165, 1.54) is 7.11 Å². The van der Waals surface area contributed by atoms with E-state index in [1.807, 2.05) is 13.8 Å². The van der Waals surface area contributed by atoms with Crippen LogP contribution in [0.5, 0.6) is 0 Å². The second-order valence-electron chi connectivity index (χ2n) is 4.38. The number of carbonyl (C=O) groups is 2. The molecule has 0 saturated carbocycles. The van der Waals surface area contributed by atoms with Gasteiger partial charge in [-0.1, -0.05) is 19.0 Å². The molecule has 1 aromatic rings. The third-order valence-corrected chi connectivity index (χ3v) is 2.54. The Morgan fingerprint density at radius 2 is 1.94 bits per heavy atom. The number of amides is 1. The number of hydrogen-bond donors (Lipinski definition) is 1. The maximum atomic E-state index is 12.1. The maximum Gasteiger partial charge on any atom is 0.328 e. The van der Waals surface area contributed by atoms with E-state index in [2.05, 4.69) is 15.2 Å². The highest BCUT2D eigenvalue weighted by atomic mass is 16.5. The molecule has 0 spiro atoms. The third kappa shape index (κ3) is 2.88. The lowest BCUT2D eigenvalue weighted by molar-refractivity contribution is -0.142. The molecule has 1 rings (SSSR count). The summed E-state index contributed by atoms with van der Waals surface area (Å²) in [5, 5.41) is 6.33. The Labute approximate surface area is 106 Å². The summed E-state index contributed by atoms with van der Waals surface area (Å²) < 4.78 is 9.66. The summed E-state index contributed by atoms with van der Waals surface area (Å²) in [6, 6.07) is -0.711. The summed E-state index contributed by atoms with van der Waals surface area (Å²) in [4.78, 5) is 23.3. The van der Waals surface area contributed by atoms with E-state index in [0.717, 1.165) is 0 Å². The van der Waals surface area contributed by atoms with E-state index in [9.17, 15) is 9.59 Å². The van der Waals surface area contributed by atoms with Crippen LogP contribution in [0.2, 0.25) is 0 Å². The van der Waals surface area contributed by atoms with Crippen LogP contribution in [0.3, 0.4) is 0 Å². The fourth-order valence-corrected chi connectivity index (χ4v) is 1.56. The monoisotopic (exact) mass is 254 g/mol. The fraction of sp³-hybridized carbons (Fsp3) is 0.583. The smallest absolute Gasteiger partial charge is 0.328 e. The summed E-state index contributed by atoms with van der Waals surface area (Å²) >= 11 is 0. The van der Waals surface area contributed by atoms with Crippen molar-refractivity contribution in [1.29, 1.82) is 0 Å². The lowest BCUT2D eigenvalue weighted by atomic mass is 10.0. The number of aryl methyl sites for hydroxylation is 1. The van der Waals surface area contributed by atoms with Crippen LogP contribution in [0.4, 0.5) is 0 Å². The van der Waals surface area contributed by atoms with Crippen molar-refractivity contribution < 1.29 is 18.8 Å². The predicted molar refractivity (Wildman–Crippen MR) is 64.3 cm³/mol. The van der Waals surface area contributed by atoms with E-state index in [0.29, 0.717) is 17.0 Å². The normalized spacial score (nSPS) is 12.3. The molecule has 6 nitrogen and oxygen atoms in total. The summed E-state index contributed by atoms with van der Waals surface area (Å²) in [6.45, 7) is 7.05.